The normalized spacial score (nSPS) is 14.4. The lowest BCUT2D eigenvalue weighted by Crippen LogP contribution is -2.26. The van der Waals surface area contributed by atoms with Crippen molar-refractivity contribution < 1.29 is 0 Å². The summed E-state index contributed by atoms with van der Waals surface area (Å²) in [6.45, 7) is 2.64. The van der Waals surface area contributed by atoms with Gasteiger partial charge >= 0.3 is 0 Å². The van der Waals surface area contributed by atoms with Crippen LogP contribution in [0, 0.1) is 5.92 Å². The summed E-state index contributed by atoms with van der Waals surface area (Å²) < 4.78 is 3.94. The molecule has 3 heterocycles. The van der Waals surface area contributed by atoms with Crippen LogP contribution < -0.4 is 5.32 Å². The molecule has 1 N–H and O–H groups in total. The highest BCUT2D eigenvalue weighted by atomic mass is 15.4. The third-order valence-corrected chi connectivity index (χ3v) is 5.48. The summed E-state index contributed by atoms with van der Waals surface area (Å²) in [5.41, 5.74) is 5.17. The molecule has 5 rings (SSSR count). The first-order valence-electron chi connectivity index (χ1n) is 9.96. The fourth-order valence-corrected chi connectivity index (χ4v) is 3.67. The van der Waals surface area contributed by atoms with Crippen LogP contribution in [0.2, 0.25) is 0 Å². The van der Waals surface area contributed by atoms with Crippen molar-refractivity contribution in [1.82, 2.24) is 29.7 Å². The molecule has 28 heavy (non-hydrogen) atoms. The zero-order chi connectivity index (χ0) is 18.8. The molecular formula is C22H24N6. The maximum absolute atomic E-state index is 4.72. The summed E-state index contributed by atoms with van der Waals surface area (Å²) in [4.78, 5) is 4.72. The Balaban J connectivity index is 1.26. The van der Waals surface area contributed by atoms with Gasteiger partial charge in [-0.25, -0.2) is 9.67 Å². The molecule has 1 saturated carbocycles. The SMILES string of the molecule is c1ccc(-c2cn(Cc3cn4cc(CNCC5CCC5)ccc4n3)nn2)cc1. The number of hydrogen-bond acceptors (Lipinski definition) is 4. The molecule has 0 spiro atoms. The van der Waals surface area contributed by atoms with Crippen LogP contribution in [0.3, 0.4) is 0 Å². The number of pyridine rings is 1. The van der Waals surface area contributed by atoms with Crippen LogP contribution in [0.4, 0.5) is 0 Å². The van der Waals surface area contributed by atoms with E-state index in [1.165, 1.54) is 24.8 Å². The van der Waals surface area contributed by atoms with Gasteiger partial charge in [-0.3, -0.25) is 0 Å². The maximum atomic E-state index is 4.72. The summed E-state index contributed by atoms with van der Waals surface area (Å²) in [7, 11) is 0. The van der Waals surface area contributed by atoms with Gasteiger partial charge in [0.2, 0.25) is 0 Å². The Bertz CT molecular complexity index is 1060. The van der Waals surface area contributed by atoms with Gasteiger partial charge in [0.1, 0.15) is 11.3 Å². The quantitative estimate of drug-likeness (QED) is 0.539. The number of aromatic nitrogens is 5. The Morgan fingerprint density at radius 1 is 1.00 bits per heavy atom. The number of nitrogens with one attached hydrogen (secondary N) is 1. The highest BCUT2D eigenvalue weighted by molar-refractivity contribution is 5.57. The molecule has 1 aromatic carbocycles. The van der Waals surface area contributed by atoms with Crippen molar-refractivity contribution in [1.29, 1.82) is 0 Å². The highest BCUT2D eigenvalue weighted by Crippen LogP contribution is 2.25. The van der Waals surface area contributed by atoms with E-state index in [9.17, 15) is 0 Å². The highest BCUT2D eigenvalue weighted by Gasteiger charge is 2.16. The van der Waals surface area contributed by atoms with E-state index in [0.717, 1.165) is 41.6 Å². The number of rotatable bonds is 7. The third kappa shape index (κ3) is 3.68. The number of imidazole rings is 1. The van der Waals surface area contributed by atoms with Gasteiger partial charge in [-0.05, 0) is 36.9 Å². The molecule has 0 radical (unpaired) electrons. The van der Waals surface area contributed by atoms with E-state index in [0.29, 0.717) is 6.54 Å². The summed E-state index contributed by atoms with van der Waals surface area (Å²) in [6, 6.07) is 14.3. The molecule has 6 heteroatoms. The molecule has 0 aliphatic heterocycles. The van der Waals surface area contributed by atoms with Gasteiger partial charge in [-0.2, -0.15) is 0 Å². The van der Waals surface area contributed by atoms with E-state index >= 15 is 0 Å². The molecule has 1 fully saturated rings. The van der Waals surface area contributed by atoms with E-state index in [4.69, 9.17) is 4.98 Å². The van der Waals surface area contributed by atoms with Gasteiger partial charge in [0, 0.05) is 24.5 Å². The number of nitrogens with zero attached hydrogens (tertiary/aromatic N) is 5. The molecule has 1 aliphatic carbocycles. The fourth-order valence-electron chi connectivity index (χ4n) is 3.67. The molecule has 1 aliphatic rings. The molecule has 142 valence electrons. The van der Waals surface area contributed by atoms with Gasteiger partial charge in [0.25, 0.3) is 0 Å². The largest absolute Gasteiger partial charge is 0.312 e. The van der Waals surface area contributed by atoms with E-state index < -0.39 is 0 Å². The minimum Gasteiger partial charge on any atom is -0.312 e. The van der Waals surface area contributed by atoms with Gasteiger partial charge in [0.05, 0.1) is 18.4 Å². The van der Waals surface area contributed by atoms with Crippen LogP contribution >= 0.6 is 0 Å². The second-order valence-corrected chi connectivity index (χ2v) is 7.63. The molecule has 0 bridgehead atoms. The van der Waals surface area contributed by atoms with Crippen molar-refractivity contribution in [3.05, 3.63) is 72.3 Å². The Morgan fingerprint density at radius 2 is 1.89 bits per heavy atom. The standard InChI is InChI=1S/C22H24N6/c1-2-7-19(8-3-1)21-16-28(26-25-21)15-20-14-27-13-18(9-10-22(27)24-20)12-23-11-17-5-4-6-17/h1-3,7-10,13-14,16-17,23H,4-6,11-12,15H2. The van der Waals surface area contributed by atoms with Crippen LogP contribution in [0.15, 0.2) is 61.1 Å². The van der Waals surface area contributed by atoms with Crippen molar-refractivity contribution in [3.8, 4) is 11.3 Å². The molecule has 4 aromatic rings. The molecular weight excluding hydrogens is 348 g/mol. The summed E-state index contributed by atoms with van der Waals surface area (Å²) in [5.74, 6) is 0.882. The number of benzene rings is 1. The van der Waals surface area contributed by atoms with Gasteiger partial charge < -0.3 is 9.72 Å². The van der Waals surface area contributed by atoms with Gasteiger partial charge in [-0.1, -0.05) is 48.0 Å². The minimum absolute atomic E-state index is 0.608. The van der Waals surface area contributed by atoms with Crippen LogP contribution in [-0.4, -0.2) is 30.9 Å². The van der Waals surface area contributed by atoms with E-state index in [1.807, 2.05) is 41.2 Å². The van der Waals surface area contributed by atoms with Crippen LogP contribution in [0.25, 0.3) is 16.9 Å². The Morgan fingerprint density at radius 3 is 2.71 bits per heavy atom. The van der Waals surface area contributed by atoms with Crippen LogP contribution in [0.1, 0.15) is 30.5 Å². The Kier molecular flexibility index (Phi) is 4.62. The summed E-state index contributed by atoms with van der Waals surface area (Å²) in [6.07, 6.45) is 10.4. The van der Waals surface area contributed by atoms with E-state index in [1.54, 1.807) is 0 Å². The molecule has 0 unspecified atom stereocenters. The lowest BCUT2D eigenvalue weighted by Gasteiger charge is -2.25. The monoisotopic (exact) mass is 372 g/mol. The summed E-state index contributed by atoms with van der Waals surface area (Å²) in [5, 5.41) is 12.1. The smallest absolute Gasteiger partial charge is 0.137 e. The van der Waals surface area contributed by atoms with Crippen molar-refractivity contribution in [2.75, 3.05) is 6.54 Å². The lowest BCUT2D eigenvalue weighted by atomic mass is 9.85. The zero-order valence-corrected chi connectivity index (χ0v) is 15.8. The first-order chi connectivity index (χ1) is 13.8. The first kappa shape index (κ1) is 17.1. The molecule has 6 nitrogen and oxygen atoms in total. The number of fused-ring (bicyclic) bond motifs is 1. The first-order valence-corrected chi connectivity index (χ1v) is 9.96. The van der Waals surface area contributed by atoms with Crippen molar-refractivity contribution in [3.63, 3.8) is 0 Å². The molecule has 0 atom stereocenters. The predicted octanol–water partition coefficient (Wildman–Crippen LogP) is 3.53. The van der Waals surface area contributed by atoms with Crippen molar-refractivity contribution >= 4 is 5.65 Å². The topological polar surface area (TPSA) is 60.0 Å². The lowest BCUT2D eigenvalue weighted by molar-refractivity contribution is 0.301. The maximum Gasteiger partial charge on any atom is 0.137 e. The van der Waals surface area contributed by atoms with Crippen LogP contribution in [0.5, 0.6) is 0 Å². The summed E-state index contributed by atoms with van der Waals surface area (Å²) >= 11 is 0. The Labute approximate surface area is 164 Å². The average molecular weight is 372 g/mol. The zero-order valence-electron chi connectivity index (χ0n) is 15.8. The van der Waals surface area contributed by atoms with E-state index in [2.05, 4.69) is 44.6 Å². The van der Waals surface area contributed by atoms with Gasteiger partial charge in [0.15, 0.2) is 0 Å². The predicted molar refractivity (Wildman–Crippen MR) is 109 cm³/mol. The minimum atomic E-state index is 0.608. The van der Waals surface area contributed by atoms with Crippen molar-refractivity contribution in [2.45, 2.75) is 32.4 Å². The third-order valence-electron chi connectivity index (χ3n) is 5.48. The second-order valence-electron chi connectivity index (χ2n) is 7.63. The van der Waals surface area contributed by atoms with E-state index in [-0.39, 0.29) is 0 Å². The van der Waals surface area contributed by atoms with Gasteiger partial charge in [-0.15, -0.1) is 5.10 Å². The second kappa shape index (κ2) is 7.56. The average Bonchev–Trinajstić information content (AvgIpc) is 3.31. The number of hydrogen-bond donors (Lipinski definition) is 1. The van der Waals surface area contributed by atoms with Crippen LogP contribution in [-0.2, 0) is 13.1 Å². The van der Waals surface area contributed by atoms with Crippen molar-refractivity contribution in [2.24, 2.45) is 5.92 Å². The molecule has 0 amide bonds. The molecule has 3 aromatic heterocycles. The fraction of sp³-hybridized carbons (Fsp3) is 0.318. The Hall–Kier alpha value is -2.99. The molecule has 0 saturated heterocycles.